The zero-order valence-corrected chi connectivity index (χ0v) is 22.5. The van der Waals surface area contributed by atoms with Crippen LogP contribution < -0.4 is 10.5 Å². The van der Waals surface area contributed by atoms with Gasteiger partial charge in [-0.2, -0.15) is 18.3 Å². The maximum absolute atomic E-state index is 14.6. The van der Waals surface area contributed by atoms with E-state index in [0.29, 0.717) is 29.4 Å². The van der Waals surface area contributed by atoms with Crippen LogP contribution in [0.4, 0.5) is 13.2 Å². The van der Waals surface area contributed by atoms with Crippen molar-refractivity contribution in [3.8, 4) is 28.0 Å². The van der Waals surface area contributed by atoms with E-state index in [2.05, 4.69) is 5.10 Å². The predicted octanol–water partition coefficient (Wildman–Crippen LogP) is 4.91. The number of rotatable bonds is 7. The number of halogens is 3. The lowest BCUT2D eigenvalue weighted by Crippen LogP contribution is -2.55. The third-order valence-corrected chi connectivity index (χ3v) is 9.81. The van der Waals surface area contributed by atoms with E-state index in [0.717, 1.165) is 32.1 Å². The number of hydrogen-bond donors (Lipinski definition) is 3. The van der Waals surface area contributed by atoms with Crippen LogP contribution in [0.25, 0.3) is 22.3 Å². The minimum atomic E-state index is -4.99. The fraction of sp³-hybridized carbons (Fsp3) is 0.484. The van der Waals surface area contributed by atoms with E-state index in [1.165, 1.54) is 35.5 Å². The van der Waals surface area contributed by atoms with E-state index in [9.17, 15) is 28.2 Å². The van der Waals surface area contributed by atoms with Gasteiger partial charge in [-0.3, -0.25) is 9.48 Å². The van der Waals surface area contributed by atoms with Crippen molar-refractivity contribution in [3.63, 3.8) is 0 Å². The highest BCUT2D eigenvalue weighted by Gasteiger charge is 2.61. The van der Waals surface area contributed by atoms with Gasteiger partial charge in [0.25, 0.3) is 0 Å². The van der Waals surface area contributed by atoms with Crippen molar-refractivity contribution in [2.24, 2.45) is 23.0 Å². The monoisotopic (exact) mass is 567 g/mol. The maximum atomic E-state index is 14.6. The molecule has 3 atom stereocenters. The molecule has 0 spiro atoms. The van der Waals surface area contributed by atoms with Crippen LogP contribution in [0.1, 0.15) is 56.1 Å². The Morgan fingerprint density at radius 2 is 1.80 bits per heavy atom. The quantitative estimate of drug-likeness (QED) is 0.376. The smallest absolute Gasteiger partial charge is 0.425 e. The lowest BCUT2D eigenvalue weighted by molar-refractivity contribution is -0.246. The number of carbonyl (C=O) groups is 1. The summed E-state index contributed by atoms with van der Waals surface area (Å²) in [6.45, 7) is 0.101. The second kappa shape index (κ2) is 8.82. The molecule has 5 aliphatic rings. The van der Waals surface area contributed by atoms with Crippen LogP contribution in [0.5, 0.6) is 5.75 Å². The molecule has 5 aliphatic carbocycles. The Kier molecular flexibility index (Phi) is 5.70. The summed E-state index contributed by atoms with van der Waals surface area (Å²) >= 11 is 0. The first kappa shape index (κ1) is 26.5. The molecule has 0 radical (unpaired) electrons. The minimum absolute atomic E-state index is 0.0166. The molecule has 1 aromatic heterocycles. The standard InChI is InChI=1S/C31H32F3N3O4/c32-31(33,34)30(40)24-4-2-1-3-22(24)27-23(20-14-36-37(15-20)16-26(35)38)8-21(9-25(27)30)41-6-5-28-10-18-7-19(11-28)13-29(39,12-18)17-28/h1-4,8-9,14-15,18-19,39-40H,5-7,10-13,16-17H2,(H2,35,38)/t18?,19?,28?,29?,30-/m1/s1. The second-order valence-corrected chi connectivity index (χ2v) is 12.8. The number of fused-ring (bicyclic) bond motifs is 3. The number of nitrogens with two attached hydrogens (primary N) is 1. The number of primary amides is 1. The summed E-state index contributed by atoms with van der Waals surface area (Å²) in [6.07, 6.45) is 4.46. The Balaban J connectivity index is 1.27. The second-order valence-electron chi connectivity index (χ2n) is 12.8. The third kappa shape index (κ3) is 4.17. The lowest BCUT2D eigenvalue weighted by atomic mass is 9.47. The highest BCUT2D eigenvalue weighted by Crippen LogP contribution is 2.63. The topological polar surface area (TPSA) is 111 Å². The molecular formula is C31H32F3N3O4. The summed E-state index contributed by atoms with van der Waals surface area (Å²) in [6, 6.07) is 8.94. The average molecular weight is 568 g/mol. The highest BCUT2D eigenvalue weighted by molar-refractivity contribution is 5.93. The summed E-state index contributed by atoms with van der Waals surface area (Å²) in [4.78, 5) is 11.4. The van der Waals surface area contributed by atoms with Gasteiger partial charge in [0.1, 0.15) is 12.3 Å². The van der Waals surface area contributed by atoms with Crippen molar-refractivity contribution in [2.45, 2.75) is 68.9 Å². The number of amides is 1. The van der Waals surface area contributed by atoms with Crippen LogP contribution in [-0.4, -0.2) is 44.3 Å². The highest BCUT2D eigenvalue weighted by atomic mass is 19.4. The molecule has 1 amide bonds. The van der Waals surface area contributed by atoms with E-state index in [1.807, 2.05) is 0 Å². The zero-order valence-electron chi connectivity index (χ0n) is 22.5. The molecule has 1 heterocycles. The van der Waals surface area contributed by atoms with Crippen molar-refractivity contribution in [2.75, 3.05) is 6.61 Å². The van der Waals surface area contributed by atoms with Crippen LogP contribution in [0.15, 0.2) is 48.8 Å². The van der Waals surface area contributed by atoms with E-state index in [-0.39, 0.29) is 46.6 Å². The number of ether oxygens (including phenoxy) is 1. The summed E-state index contributed by atoms with van der Waals surface area (Å²) in [5, 5.41) is 26.7. The molecule has 41 heavy (non-hydrogen) atoms. The number of benzene rings is 2. The number of hydrogen-bond acceptors (Lipinski definition) is 5. The van der Waals surface area contributed by atoms with Gasteiger partial charge < -0.3 is 20.7 Å². The summed E-state index contributed by atoms with van der Waals surface area (Å²) < 4.78 is 51.4. The van der Waals surface area contributed by atoms with Gasteiger partial charge in [-0.15, -0.1) is 0 Å². The van der Waals surface area contributed by atoms with Gasteiger partial charge >= 0.3 is 6.18 Å². The fourth-order valence-electron chi connectivity index (χ4n) is 8.80. The van der Waals surface area contributed by atoms with Gasteiger partial charge in [-0.1, -0.05) is 24.3 Å². The van der Waals surface area contributed by atoms with Gasteiger partial charge in [0, 0.05) is 22.9 Å². The first-order valence-electron chi connectivity index (χ1n) is 14.1. The Hall–Kier alpha value is -3.37. The summed E-state index contributed by atoms with van der Waals surface area (Å²) in [7, 11) is 0. The molecule has 216 valence electrons. The maximum Gasteiger partial charge on any atom is 0.425 e. The summed E-state index contributed by atoms with van der Waals surface area (Å²) in [5.74, 6) is 0.642. The molecule has 4 bridgehead atoms. The van der Waals surface area contributed by atoms with E-state index in [1.54, 1.807) is 24.4 Å². The van der Waals surface area contributed by atoms with Gasteiger partial charge in [0.15, 0.2) is 0 Å². The average Bonchev–Trinajstić information content (AvgIpc) is 3.43. The molecule has 4 fully saturated rings. The number of nitrogens with zero attached hydrogens (tertiary/aromatic N) is 2. The number of aromatic nitrogens is 2. The fourth-order valence-corrected chi connectivity index (χ4v) is 8.80. The van der Waals surface area contributed by atoms with E-state index in [4.69, 9.17) is 10.5 Å². The van der Waals surface area contributed by atoms with Crippen LogP contribution in [0.2, 0.25) is 0 Å². The SMILES string of the molecule is NC(=O)Cn1cc(-c2cc(OCCC34CC5CC(CC(O)(C5)C3)C4)cc3c2-c2ccccc2[C@]3(O)C(F)(F)F)cn1. The molecule has 3 aromatic rings. The van der Waals surface area contributed by atoms with Crippen molar-refractivity contribution < 1.29 is 32.9 Å². The minimum Gasteiger partial charge on any atom is -0.494 e. The normalized spacial score (nSPS) is 31.2. The Morgan fingerprint density at radius 3 is 2.49 bits per heavy atom. The number of aliphatic hydroxyl groups is 2. The van der Waals surface area contributed by atoms with E-state index >= 15 is 0 Å². The van der Waals surface area contributed by atoms with Crippen LogP contribution >= 0.6 is 0 Å². The van der Waals surface area contributed by atoms with Gasteiger partial charge in [0.05, 0.1) is 18.4 Å². The molecule has 10 heteroatoms. The Labute approximate surface area is 235 Å². The number of alkyl halides is 3. The van der Waals surface area contributed by atoms with E-state index < -0.39 is 23.3 Å². The lowest BCUT2D eigenvalue weighted by Gasteiger charge is -2.60. The molecule has 4 saturated carbocycles. The van der Waals surface area contributed by atoms with Crippen LogP contribution in [0, 0.1) is 17.3 Å². The third-order valence-electron chi connectivity index (χ3n) is 9.81. The van der Waals surface area contributed by atoms with Gasteiger partial charge in [0.2, 0.25) is 11.5 Å². The molecule has 2 aromatic carbocycles. The molecule has 4 N–H and O–H groups in total. The van der Waals surface area contributed by atoms with Crippen molar-refractivity contribution >= 4 is 5.91 Å². The molecule has 7 nitrogen and oxygen atoms in total. The van der Waals surface area contributed by atoms with Gasteiger partial charge in [-0.25, -0.2) is 0 Å². The first-order chi connectivity index (χ1) is 19.4. The molecule has 2 unspecified atom stereocenters. The van der Waals surface area contributed by atoms with Crippen LogP contribution in [0.3, 0.4) is 0 Å². The van der Waals surface area contributed by atoms with Gasteiger partial charge in [-0.05, 0) is 91.0 Å². The Bertz CT molecular complexity index is 1540. The van der Waals surface area contributed by atoms with Crippen molar-refractivity contribution in [1.82, 2.24) is 9.78 Å². The molecule has 0 aliphatic heterocycles. The van der Waals surface area contributed by atoms with Crippen molar-refractivity contribution in [3.05, 3.63) is 59.9 Å². The largest absolute Gasteiger partial charge is 0.494 e. The first-order valence-corrected chi connectivity index (χ1v) is 14.1. The predicted molar refractivity (Wildman–Crippen MR) is 144 cm³/mol. The number of carbonyl (C=O) groups excluding carboxylic acids is 1. The molecule has 0 saturated heterocycles. The molecule has 8 rings (SSSR count). The molecular weight excluding hydrogens is 535 g/mol. The van der Waals surface area contributed by atoms with Crippen molar-refractivity contribution in [1.29, 1.82) is 0 Å². The zero-order chi connectivity index (χ0) is 28.8. The Morgan fingerprint density at radius 1 is 1.07 bits per heavy atom. The van der Waals surface area contributed by atoms with Crippen LogP contribution in [-0.2, 0) is 16.9 Å². The summed E-state index contributed by atoms with van der Waals surface area (Å²) in [5.41, 5.74) is 2.32.